The molecule has 0 fully saturated rings. The van der Waals surface area contributed by atoms with Gasteiger partial charge in [-0.2, -0.15) is 15.5 Å². The molecule has 2 rings (SSSR count). The van der Waals surface area contributed by atoms with E-state index in [1.807, 2.05) is 19.1 Å². The molecule has 0 aliphatic carbocycles. The minimum Gasteiger partial charge on any atom is -0.192 e. The maximum Gasteiger partial charge on any atom is 0.0991 e. The van der Waals surface area contributed by atoms with Crippen molar-refractivity contribution >= 4 is 10.8 Å². The summed E-state index contributed by atoms with van der Waals surface area (Å²) in [6.07, 6.45) is 3.38. The Morgan fingerprint density at radius 3 is 2.77 bits per heavy atom. The molecule has 0 saturated heterocycles. The lowest BCUT2D eigenvalue weighted by atomic mass is 10.1. The van der Waals surface area contributed by atoms with Gasteiger partial charge in [0.1, 0.15) is 0 Å². The highest BCUT2D eigenvalue weighted by Gasteiger charge is 1.99. The second-order valence-corrected chi connectivity index (χ2v) is 2.90. The number of benzene rings is 1. The molecule has 0 amide bonds. The van der Waals surface area contributed by atoms with Crippen LogP contribution in [0.5, 0.6) is 0 Å². The van der Waals surface area contributed by atoms with Gasteiger partial charge in [-0.3, -0.25) is 0 Å². The van der Waals surface area contributed by atoms with Gasteiger partial charge in [0.25, 0.3) is 0 Å². The summed E-state index contributed by atoms with van der Waals surface area (Å²) in [4.78, 5) is 0. The number of aryl methyl sites for hydroxylation is 1. The van der Waals surface area contributed by atoms with E-state index in [0.29, 0.717) is 5.56 Å². The Morgan fingerprint density at radius 2 is 2.00 bits per heavy atom. The van der Waals surface area contributed by atoms with Crippen LogP contribution in [0.1, 0.15) is 11.1 Å². The quantitative estimate of drug-likeness (QED) is 0.604. The van der Waals surface area contributed by atoms with Gasteiger partial charge in [-0.15, -0.1) is 0 Å². The first-order valence-corrected chi connectivity index (χ1v) is 3.92. The van der Waals surface area contributed by atoms with Gasteiger partial charge in [-0.05, 0) is 24.6 Å². The van der Waals surface area contributed by atoms with Crippen LogP contribution in [0.3, 0.4) is 0 Å². The Hall–Kier alpha value is -1.95. The van der Waals surface area contributed by atoms with E-state index in [2.05, 4.69) is 16.3 Å². The highest BCUT2D eigenvalue weighted by Crippen LogP contribution is 2.17. The van der Waals surface area contributed by atoms with Gasteiger partial charge >= 0.3 is 0 Å². The third-order valence-electron chi connectivity index (χ3n) is 2.00. The molecule has 62 valence electrons. The molecule has 0 radical (unpaired) electrons. The third-order valence-corrected chi connectivity index (χ3v) is 2.00. The van der Waals surface area contributed by atoms with Crippen molar-refractivity contribution in [2.24, 2.45) is 0 Å². The van der Waals surface area contributed by atoms with E-state index in [1.165, 1.54) is 0 Å². The summed E-state index contributed by atoms with van der Waals surface area (Å²) in [5.74, 6) is 0. The van der Waals surface area contributed by atoms with Crippen molar-refractivity contribution in [2.45, 2.75) is 6.92 Å². The smallest absolute Gasteiger partial charge is 0.0991 e. The van der Waals surface area contributed by atoms with Crippen molar-refractivity contribution < 1.29 is 0 Å². The number of rotatable bonds is 0. The van der Waals surface area contributed by atoms with Crippen LogP contribution in [0.25, 0.3) is 10.8 Å². The Bertz CT molecular complexity index is 497. The van der Waals surface area contributed by atoms with Crippen molar-refractivity contribution in [3.05, 3.63) is 35.7 Å². The highest BCUT2D eigenvalue weighted by molar-refractivity contribution is 5.85. The first-order chi connectivity index (χ1) is 6.31. The van der Waals surface area contributed by atoms with Crippen molar-refractivity contribution in [3.8, 4) is 6.07 Å². The summed E-state index contributed by atoms with van der Waals surface area (Å²) >= 11 is 0. The Kier molecular flexibility index (Phi) is 1.67. The summed E-state index contributed by atoms with van der Waals surface area (Å²) in [7, 11) is 0. The van der Waals surface area contributed by atoms with Crippen LogP contribution in [0.2, 0.25) is 0 Å². The normalized spacial score (nSPS) is 9.85. The lowest BCUT2D eigenvalue weighted by Crippen LogP contribution is -1.85. The Morgan fingerprint density at radius 1 is 1.23 bits per heavy atom. The van der Waals surface area contributed by atoms with Crippen molar-refractivity contribution in [2.75, 3.05) is 0 Å². The van der Waals surface area contributed by atoms with Gasteiger partial charge < -0.3 is 0 Å². The van der Waals surface area contributed by atoms with Gasteiger partial charge in [-0.25, -0.2) is 0 Å². The standard InChI is InChI=1S/C10H7N3/c1-7-2-8(4-11)3-9-5-12-13-6-10(7)9/h2-3,5-6H,1H3. The molecule has 3 heteroatoms. The molecule has 0 N–H and O–H groups in total. The molecular weight excluding hydrogens is 162 g/mol. The highest BCUT2D eigenvalue weighted by atomic mass is 15.1. The molecule has 0 saturated carbocycles. The summed E-state index contributed by atoms with van der Waals surface area (Å²) in [6.45, 7) is 1.96. The second kappa shape index (κ2) is 2.83. The number of hydrogen-bond donors (Lipinski definition) is 0. The molecule has 0 spiro atoms. The Labute approximate surface area is 75.6 Å². The SMILES string of the molecule is Cc1cc(C#N)cc2cnncc12. The maximum absolute atomic E-state index is 8.74. The fraction of sp³-hybridized carbons (Fsp3) is 0.100. The van der Waals surface area contributed by atoms with E-state index < -0.39 is 0 Å². The van der Waals surface area contributed by atoms with Gasteiger partial charge in [0.15, 0.2) is 0 Å². The summed E-state index contributed by atoms with van der Waals surface area (Å²) in [5.41, 5.74) is 1.72. The van der Waals surface area contributed by atoms with E-state index in [0.717, 1.165) is 16.3 Å². The van der Waals surface area contributed by atoms with E-state index >= 15 is 0 Å². The van der Waals surface area contributed by atoms with Crippen molar-refractivity contribution in [1.29, 1.82) is 5.26 Å². The number of fused-ring (bicyclic) bond motifs is 1. The van der Waals surface area contributed by atoms with Crippen LogP contribution >= 0.6 is 0 Å². The van der Waals surface area contributed by atoms with Crippen LogP contribution in [0.15, 0.2) is 24.5 Å². The molecule has 2 aromatic rings. The number of hydrogen-bond acceptors (Lipinski definition) is 3. The number of aromatic nitrogens is 2. The van der Waals surface area contributed by atoms with Crippen LogP contribution in [0, 0.1) is 18.3 Å². The first kappa shape index (κ1) is 7.69. The van der Waals surface area contributed by atoms with Crippen molar-refractivity contribution in [1.82, 2.24) is 10.2 Å². The van der Waals surface area contributed by atoms with E-state index in [-0.39, 0.29) is 0 Å². The van der Waals surface area contributed by atoms with Crippen molar-refractivity contribution in [3.63, 3.8) is 0 Å². The van der Waals surface area contributed by atoms with E-state index in [9.17, 15) is 0 Å². The summed E-state index contributed by atoms with van der Waals surface area (Å²) in [5, 5.41) is 18.3. The molecule has 1 heterocycles. The molecule has 0 unspecified atom stereocenters. The van der Waals surface area contributed by atoms with Crippen LogP contribution in [0.4, 0.5) is 0 Å². The molecule has 0 aliphatic rings. The maximum atomic E-state index is 8.74. The van der Waals surface area contributed by atoms with Crippen LogP contribution < -0.4 is 0 Å². The average Bonchev–Trinajstić information content (AvgIpc) is 2.18. The topological polar surface area (TPSA) is 49.6 Å². The fourth-order valence-corrected chi connectivity index (χ4v) is 1.36. The molecule has 1 aromatic carbocycles. The molecule has 3 nitrogen and oxygen atoms in total. The molecule has 0 atom stereocenters. The second-order valence-electron chi connectivity index (χ2n) is 2.90. The Balaban J connectivity index is 2.86. The van der Waals surface area contributed by atoms with E-state index in [4.69, 9.17) is 5.26 Å². The van der Waals surface area contributed by atoms with Gasteiger partial charge in [-0.1, -0.05) is 0 Å². The predicted molar refractivity (Wildman–Crippen MR) is 49.0 cm³/mol. The van der Waals surface area contributed by atoms with Crippen LogP contribution in [-0.2, 0) is 0 Å². The monoisotopic (exact) mass is 169 g/mol. The number of nitriles is 1. The molecular formula is C10H7N3. The molecule has 1 aromatic heterocycles. The van der Waals surface area contributed by atoms with E-state index in [1.54, 1.807) is 12.4 Å². The minimum atomic E-state index is 0.665. The lowest BCUT2D eigenvalue weighted by molar-refractivity contribution is 1.05. The first-order valence-electron chi connectivity index (χ1n) is 3.92. The largest absolute Gasteiger partial charge is 0.192 e. The lowest BCUT2D eigenvalue weighted by Gasteiger charge is -2.00. The zero-order valence-corrected chi connectivity index (χ0v) is 7.15. The van der Waals surface area contributed by atoms with Gasteiger partial charge in [0, 0.05) is 10.8 Å². The minimum absolute atomic E-state index is 0.665. The average molecular weight is 169 g/mol. The molecule has 0 aliphatic heterocycles. The molecule has 13 heavy (non-hydrogen) atoms. The zero-order chi connectivity index (χ0) is 9.26. The number of nitrogens with zero attached hydrogens (tertiary/aromatic N) is 3. The predicted octanol–water partition coefficient (Wildman–Crippen LogP) is 1.81. The van der Waals surface area contributed by atoms with Gasteiger partial charge in [0.05, 0.1) is 24.0 Å². The third kappa shape index (κ3) is 1.23. The summed E-state index contributed by atoms with van der Waals surface area (Å²) in [6, 6.07) is 5.78. The van der Waals surface area contributed by atoms with Gasteiger partial charge in [0.2, 0.25) is 0 Å². The zero-order valence-electron chi connectivity index (χ0n) is 7.15. The van der Waals surface area contributed by atoms with Crippen LogP contribution in [-0.4, -0.2) is 10.2 Å². The fourth-order valence-electron chi connectivity index (χ4n) is 1.36. The summed E-state index contributed by atoms with van der Waals surface area (Å²) < 4.78 is 0. The molecule has 0 bridgehead atoms.